The zero-order chi connectivity index (χ0) is 10.2. The maximum absolute atomic E-state index is 10.4. The van der Waals surface area contributed by atoms with Gasteiger partial charge in [0.25, 0.3) is 0 Å². The van der Waals surface area contributed by atoms with E-state index < -0.39 is 0 Å². The molecule has 1 aliphatic carbocycles. The van der Waals surface area contributed by atoms with Crippen LogP contribution in [-0.4, -0.2) is 6.29 Å². The van der Waals surface area contributed by atoms with Crippen LogP contribution in [0, 0.1) is 11.8 Å². The Balaban J connectivity index is 2.42. The quantitative estimate of drug-likeness (QED) is 0.481. The smallest absolute Gasteiger partial charge is 0.120 e. The van der Waals surface area contributed by atoms with Crippen molar-refractivity contribution in [1.82, 2.24) is 0 Å². The highest BCUT2D eigenvalue weighted by Crippen LogP contribution is 2.32. The van der Waals surface area contributed by atoms with Crippen LogP contribution in [0.5, 0.6) is 0 Å². The zero-order valence-electron chi connectivity index (χ0n) is 9.24. The first-order valence-corrected chi connectivity index (χ1v) is 5.95. The van der Waals surface area contributed by atoms with Crippen LogP contribution in [0.15, 0.2) is 12.2 Å². The molecular weight excluding hydrogens is 172 g/mol. The number of allylic oxidation sites excluding steroid dienone is 2. The van der Waals surface area contributed by atoms with Crippen molar-refractivity contribution < 1.29 is 4.79 Å². The molecule has 1 rings (SSSR count). The van der Waals surface area contributed by atoms with E-state index in [4.69, 9.17) is 0 Å². The van der Waals surface area contributed by atoms with Crippen LogP contribution >= 0.6 is 0 Å². The Morgan fingerprint density at radius 3 is 2.57 bits per heavy atom. The number of rotatable bonds is 5. The van der Waals surface area contributed by atoms with E-state index in [-0.39, 0.29) is 0 Å². The maximum Gasteiger partial charge on any atom is 0.120 e. The lowest BCUT2D eigenvalue weighted by Gasteiger charge is -2.27. The largest absolute Gasteiger partial charge is 0.303 e. The Hall–Kier alpha value is -0.590. The molecule has 14 heavy (non-hydrogen) atoms. The monoisotopic (exact) mass is 194 g/mol. The van der Waals surface area contributed by atoms with Crippen molar-refractivity contribution in [3.8, 4) is 0 Å². The third kappa shape index (κ3) is 3.65. The molecule has 0 bridgehead atoms. The Labute approximate surface area is 87.6 Å². The number of carbonyl (C=O) groups excluding carboxylic acids is 1. The zero-order valence-corrected chi connectivity index (χ0v) is 9.24. The van der Waals surface area contributed by atoms with Gasteiger partial charge in [0, 0.05) is 6.42 Å². The first-order chi connectivity index (χ1) is 6.88. The predicted molar refractivity (Wildman–Crippen MR) is 60.2 cm³/mol. The fraction of sp³-hybridized carbons (Fsp3) is 0.769. The molecule has 0 amide bonds. The summed E-state index contributed by atoms with van der Waals surface area (Å²) in [5, 5.41) is 0. The lowest BCUT2D eigenvalue weighted by molar-refractivity contribution is -0.108. The Kier molecular flexibility index (Phi) is 5.58. The van der Waals surface area contributed by atoms with Crippen LogP contribution in [0.2, 0.25) is 0 Å². The van der Waals surface area contributed by atoms with E-state index in [0.29, 0.717) is 5.92 Å². The standard InChI is InChI=1S/C13H22O/c1-2-7-12(10-6-11-14)13-8-4-3-5-9-13/h2,7,11-13H,3-6,8-10H2,1H3/b7-2+. The molecule has 0 aliphatic heterocycles. The molecule has 1 saturated carbocycles. The summed E-state index contributed by atoms with van der Waals surface area (Å²) >= 11 is 0. The summed E-state index contributed by atoms with van der Waals surface area (Å²) in [6, 6.07) is 0. The number of hydrogen-bond acceptors (Lipinski definition) is 1. The molecule has 1 atom stereocenters. The van der Waals surface area contributed by atoms with E-state index in [0.717, 1.165) is 25.0 Å². The summed E-state index contributed by atoms with van der Waals surface area (Å²) in [6.45, 7) is 2.08. The van der Waals surface area contributed by atoms with Gasteiger partial charge in [-0.2, -0.15) is 0 Å². The molecule has 80 valence electrons. The van der Waals surface area contributed by atoms with Crippen molar-refractivity contribution in [1.29, 1.82) is 0 Å². The van der Waals surface area contributed by atoms with Crippen molar-refractivity contribution in [3.05, 3.63) is 12.2 Å². The van der Waals surface area contributed by atoms with Gasteiger partial charge in [-0.3, -0.25) is 0 Å². The summed E-state index contributed by atoms with van der Waals surface area (Å²) < 4.78 is 0. The lowest BCUT2D eigenvalue weighted by Crippen LogP contribution is -2.16. The van der Waals surface area contributed by atoms with Gasteiger partial charge in [-0.05, 0) is 38.0 Å². The summed E-state index contributed by atoms with van der Waals surface area (Å²) in [4.78, 5) is 10.4. The van der Waals surface area contributed by atoms with Gasteiger partial charge in [0.1, 0.15) is 6.29 Å². The normalized spacial score (nSPS) is 21.2. The lowest BCUT2D eigenvalue weighted by atomic mass is 9.78. The van der Waals surface area contributed by atoms with Crippen molar-refractivity contribution in [2.45, 2.75) is 51.9 Å². The van der Waals surface area contributed by atoms with Gasteiger partial charge in [0.15, 0.2) is 0 Å². The summed E-state index contributed by atoms with van der Waals surface area (Å²) in [5.74, 6) is 1.50. The average Bonchev–Trinajstić information content (AvgIpc) is 2.25. The van der Waals surface area contributed by atoms with E-state index >= 15 is 0 Å². The molecule has 0 aromatic rings. The molecule has 1 fully saturated rings. The third-order valence-corrected chi connectivity index (χ3v) is 3.31. The molecule has 0 spiro atoms. The van der Waals surface area contributed by atoms with Crippen LogP contribution < -0.4 is 0 Å². The number of hydrogen-bond donors (Lipinski definition) is 0. The average molecular weight is 194 g/mol. The van der Waals surface area contributed by atoms with E-state index in [1.165, 1.54) is 32.1 Å². The highest BCUT2D eigenvalue weighted by atomic mass is 16.1. The first kappa shape index (κ1) is 11.5. The molecule has 1 nitrogen and oxygen atoms in total. The van der Waals surface area contributed by atoms with E-state index in [2.05, 4.69) is 19.1 Å². The summed E-state index contributed by atoms with van der Waals surface area (Å²) in [6.07, 6.45) is 14.2. The fourth-order valence-electron chi connectivity index (χ4n) is 2.56. The summed E-state index contributed by atoms with van der Waals surface area (Å²) in [5.41, 5.74) is 0. The van der Waals surface area contributed by atoms with Crippen molar-refractivity contribution >= 4 is 6.29 Å². The molecule has 0 radical (unpaired) electrons. The SMILES string of the molecule is C/C=C/C(CCC=O)C1CCCCC1. The molecule has 0 heterocycles. The summed E-state index contributed by atoms with van der Waals surface area (Å²) in [7, 11) is 0. The minimum Gasteiger partial charge on any atom is -0.303 e. The third-order valence-electron chi connectivity index (χ3n) is 3.31. The van der Waals surface area contributed by atoms with Gasteiger partial charge >= 0.3 is 0 Å². The highest BCUT2D eigenvalue weighted by Gasteiger charge is 2.20. The molecule has 0 N–H and O–H groups in total. The molecule has 1 heteroatoms. The minimum atomic E-state index is 0.658. The van der Waals surface area contributed by atoms with E-state index in [9.17, 15) is 4.79 Å². The van der Waals surface area contributed by atoms with Gasteiger partial charge in [-0.15, -0.1) is 0 Å². The van der Waals surface area contributed by atoms with Gasteiger partial charge in [-0.25, -0.2) is 0 Å². The van der Waals surface area contributed by atoms with Crippen molar-refractivity contribution in [3.63, 3.8) is 0 Å². The molecule has 1 unspecified atom stereocenters. The molecule has 0 saturated heterocycles. The van der Waals surface area contributed by atoms with Gasteiger partial charge < -0.3 is 4.79 Å². The van der Waals surface area contributed by atoms with E-state index in [1.807, 2.05) is 0 Å². The second-order valence-electron chi connectivity index (χ2n) is 4.33. The van der Waals surface area contributed by atoms with Crippen LogP contribution in [-0.2, 0) is 4.79 Å². The predicted octanol–water partition coefficient (Wildman–Crippen LogP) is 3.74. The molecule has 0 aromatic carbocycles. The van der Waals surface area contributed by atoms with Gasteiger partial charge in [0.05, 0.1) is 0 Å². The molecular formula is C13H22O. The van der Waals surface area contributed by atoms with Gasteiger partial charge in [-0.1, -0.05) is 31.4 Å². The second kappa shape index (κ2) is 6.80. The number of carbonyl (C=O) groups is 1. The Bertz CT molecular complexity index is 178. The molecule has 0 aromatic heterocycles. The topological polar surface area (TPSA) is 17.1 Å². The van der Waals surface area contributed by atoms with Crippen molar-refractivity contribution in [2.24, 2.45) is 11.8 Å². The second-order valence-corrected chi connectivity index (χ2v) is 4.33. The van der Waals surface area contributed by atoms with E-state index in [1.54, 1.807) is 0 Å². The Morgan fingerprint density at radius 2 is 2.00 bits per heavy atom. The van der Waals surface area contributed by atoms with Crippen LogP contribution in [0.3, 0.4) is 0 Å². The minimum absolute atomic E-state index is 0.658. The molecule has 1 aliphatic rings. The fourth-order valence-corrected chi connectivity index (χ4v) is 2.56. The maximum atomic E-state index is 10.4. The number of aldehydes is 1. The Morgan fingerprint density at radius 1 is 1.29 bits per heavy atom. The van der Waals surface area contributed by atoms with Crippen LogP contribution in [0.1, 0.15) is 51.9 Å². The van der Waals surface area contributed by atoms with Crippen molar-refractivity contribution in [2.75, 3.05) is 0 Å². The van der Waals surface area contributed by atoms with Crippen LogP contribution in [0.4, 0.5) is 0 Å². The van der Waals surface area contributed by atoms with Gasteiger partial charge in [0.2, 0.25) is 0 Å². The first-order valence-electron chi connectivity index (χ1n) is 5.95. The van der Waals surface area contributed by atoms with Crippen LogP contribution in [0.25, 0.3) is 0 Å². The highest BCUT2D eigenvalue weighted by molar-refractivity contribution is 5.49.